The molecule has 1 N–H and O–H groups in total. The van der Waals surface area contributed by atoms with Crippen LogP contribution in [0.25, 0.3) is 0 Å². The summed E-state index contributed by atoms with van der Waals surface area (Å²) in [6, 6.07) is 5.11. The fourth-order valence-corrected chi connectivity index (χ4v) is 1.73. The number of carboxylic acid groups (broad SMARTS) is 1. The van der Waals surface area contributed by atoms with Crippen molar-refractivity contribution < 1.29 is 19.6 Å². The number of carbonyl (C=O) groups is 2. The van der Waals surface area contributed by atoms with Gasteiger partial charge in [-0.15, -0.1) is 0 Å². The van der Waals surface area contributed by atoms with Gasteiger partial charge in [-0.25, -0.2) is 0 Å². The first kappa shape index (κ1) is 15.6. The maximum Gasteiger partial charge on any atom is 0.323 e. The predicted molar refractivity (Wildman–Crippen MR) is 71.5 cm³/mol. The smallest absolute Gasteiger partial charge is 0.323 e. The van der Waals surface area contributed by atoms with Crippen LogP contribution < -0.4 is 0 Å². The fourth-order valence-electron chi connectivity index (χ4n) is 1.73. The van der Waals surface area contributed by atoms with Crippen molar-refractivity contribution in [3.63, 3.8) is 0 Å². The van der Waals surface area contributed by atoms with Crippen LogP contribution in [0.5, 0.6) is 0 Å². The van der Waals surface area contributed by atoms with Gasteiger partial charge in [-0.05, 0) is 18.1 Å². The van der Waals surface area contributed by atoms with Crippen LogP contribution >= 0.6 is 0 Å². The van der Waals surface area contributed by atoms with Gasteiger partial charge in [0.05, 0.1) is 4.92 Å². The predicted octanol–water partition coefficient (Wildman–Crippen LogP) is 1.78. The number of nitrogens with zero attached hydrogens (tertiary/aromatic N) is 2. The van der Waals surface area contributed by atoms with Crippen molar-refractivity contribution in [3.05, 3.63) is 39.9 Å². The summed E-state index contributed by atoms with van der Waals surface area (Å²) in [5.74, 6) is -1.42. The third kappa shape index (κ3) is 4.34. The zero-order chi connectivity index (χ0) is 15.3. The van der Waals surface area contributed by atoms with Crippen molar-refractivity contribution in [2.45, 2.75) is 13.8 Å². The van der Waals surface area contributed by atoms with Crippen LogP contribution in [0.3, 0.4) is 0 Å². The Morgan fingerprint density at radius 3 is 2.25 bits per heavy atom. The molecule has 0 aromatic heterocycles. The number of non-ortho nitro benzene ring substituents is 1. The molecule has 7 heteroatoms. The molecule has 0 fully saturated rings. The average Bonchev–Trinajstić information content (AvgIpc) is 2.36. The number of rotatable bonds is 6. The Hall–Kier alpha value is -2.44. The molecular weight excluding hydrogens is 264 g/mol. The molecule has 0 spiro atoms. The summed E-state index contributed by atoms with van der Waals surface area (Å²) in [6.45, 7) is 3.66. The second-order valence-electron chi connectivity index (χ2n) is 4.78. The zero-order valence-corrected chi connectivity index (χ0v) is 11.3. The van der Waals surface area contributed by atoms with E-state index in [1.807, 2.05) is 13.8 Å². The molecular formula is C13H16N2O5. The van der Waals surface area contributed by atoms with Crippen LogP contribution in [0.15, 0.2) is 24.3 Å². The number of hydrogen-bond donors (Lipinski definition) is 1. The molecule has 0 aliphatic rings. The van der Waals surface area contributed by atoms with E-state index < -0.39 is 23.3 Å². The van der Waals surface area contributed by atoms with Gasteiger partial charge >= 0.3 is 5.97 Å². The summed E-state index contributed by atoms with van der Waals surface area (Å²) in [7, 11) is 0. The summed E-state index contributed by atoms with van der Waals surface area (Å²) in [5, 5.41) is 19.4. The van der Waals surface area contributed by atoms with Crippen molar-refractivity contribution in [2.75, 3.05) is 13.1 Å². The van der Waals surface area contributed by atoms with Gasteiger partial charge in [0.1, 0.15) is 6.54 Å². The standard InChI is InChI=1S/C13H16N2O5/c1-9(2)7-14(8-12(16)17)13(18)10-3-5-11(6-4-10)15(19)20/h3-6,9H,7-8H2,1-2H3,(H,16,17). The van der Waals surface area contributed by atoms with Crippen LogP contribution in [0.2, 0.25) is 0 Å². The molecule has 0 aliphatic heterocycles. The van der Waals surface area contributed by atoms with E-state index >= 15 is 0 Å². The molecule has 0 saturated heterocycles. The molecule has 20 heavy (non-hydrogen) atoms. The lowest BCUT2D eigenvalue weighted by Gasteiger charge is -2.22. The van der Waals surface area contributed by atoms with Crippen molar-refractivity contribution in [3.8, 4) is 0 Å². The average molecular weight is 280 g/mol. The molecule has 0 heterocycles. The van der Waals surface area contributed by atoms with Crippen molar-refractivity contribution in [2.24, 2.45) is 5.92 Å². The Morgan fingerprint density at radius 1 is 1.30 bits per heavy atom. The highest BCUT2D eigenvalue weighted by Crippen LogP contribution is 2.14. The second-order valence-corrected chi connectivity index (χ2v) is 4.78. The van der Waals surface area contributed by atoms with E-state index in [0.29, 0.717) is 6.54 Å². The van der Waals surface area contributed by atoms with E-state index in [9.17, 15) is 19.7 Å². The number of amides is 1. The molecule has 1 aromatic rings. The zero-order valence-electron chi connectivity index (χ0n) is 11.3. The highest BCUT2D eigenvalue weighted by Gasteiger charge is 2.20. The maximum absolute atomic E-state index is 12.2. The Balaban J connectivity index is 2.93. The van der Waals surface area contributed by atoms with Crippen molar-refractivity contribution in [1.82, 2.24) is 4.90 Å². The molecule has 1 aromatic carbocycles. The monoisotopic (exact) mass is 280 g/mol. The number of nitro groups is 1. The van der Waals surface area contributed by atoms with E-state index in [-0.39, 0.29) is 17.2 Å². The number of hydrogen-bond acceptors (Lipinski definition) is 4. The van der Waals surface area contributed by atoms with Crippen LogP contribution in [-0.4, -0.2) is 39.9 Å². The molecule has 0 aliphatic carbocycles. The number of nitro benzene ring substituents is 1. The van der Waals surface area contributed by atoms with Gasteiger partial charge < -0.3 is 10.0 Å². The minimum Gasteiger partial charge on any atom is -0.480 e. The first-order chi connectivity index (χ1) is 9.31. The molecule has 1 amide bonds. The van der Waals surface area contributed by atoms with Crippen LogP contribution in [0, 0.1) is 16.0 Å². The third-order valence-corrected chi connectivity index (χ3v) is 2.52. The molecule has 108 valence electrons. The molecule has 1 rings (SSSR count). The minimum absolute atomic E-state index is 0.116. The lowest BCUT2D eigenvalue weighted by atomic mass is 10.1. The van der Waals surface area contributed by atoms with Crippen LogP contribution in [-0.2, 0) is 4.79 Å². The highest BCUT2D eigenvalue weighted by atomic mass is 16.6. The largest absolute Gasteiger partial charge is 0.480 e. The van der Waals surface area contributed by atoms with Crippen LogP contribution in [0.1, 0.15) is 24.2 Å². The lowest BCUT2D eigenvalue weighted by molar-refractivity contribution is -0.384. The molecule has 0 radical (unpaired) electrons. The topological polar surface area (TPSA) is 101 Å². The molecule has 0 atom stereocenters. The first-order valence-corrected chi connectivity index (χ1v) is 6.06. The van der Waals surface area contributed by atoms with Gasteiger partial charge in [0.15, 0.2) is 0 Å². The summed E-state index contributed by atoms with van der Waals surface area (Å²) >= 11 is 0. The van der Waals surface area contributed by atoms with E-state index in [1.165, 1.54) is 29.2 Å². The summed E-state index contributed by atoms with van der Waals surface area (Å²) in [6.07, 6.45) is 0. The van der Waals surface area contributed by atoms with E-state index in [2.05, 4.69) is 0 Å². The normalized spacial score (nSPS) is 10.3. The first-order valence-electron chi connectivity index (χ1n) is 6.06. The second kappa shape index (κ2) is 6.65. The van der Waals surface area contributed by atoms with E-state index in [0.717, 1.165) is 0 Å². The molecule has 0 unspecified atom stereocenters. The summed E-state index contributed by atoms with van der Waals surface area (Å²) in [5.41, 5.74) is 0.118. The van der Waals surface area contributed by atoms with Gasteiger partial charge in [-0.1, -0.05) is 13.8 Å². The highest BCUT2D eigenvalue weighted by molar-refractivity contribution is 5.96. The van der Waals surface area contributed by atoms with Gasteiger partial charge in [-0.3, -0.25) is 19.7 Å². The Labute approximate surface area is 116 Å². The van der Waals surface area contributed by atoms with E-state index in [4.69, 9.17) is 5.11 Å². The van der Waals surface area contributed by atoms with Gasteiger partial charge in [0.25, 0.3) is 11.6 Å². The number of carbonyl (C=O) groups excluding carboxylic acids is 1. The third-order valence-electron chi connectivity index (χ3n) is 2.52. The van der Waals surface area contributed by atoms with Gasteiger partial charge in [-0.2, -0.15) is 0 Å². The molecule has 0 saturated carbocycles. The SMILES string of the molecule is CC(C)CN(CC(=O)O)C(=O)c1ccc([N+](=O)[O-])cc1. The van der Waals surface area contributed by atoms with Crippen molar-refractivity contribution in [1.29, 1.82) is 0 Å². The Bertz CT molecular complexity index is 510. The lowest BCUT2D eigenvalue weighted by Crippen LogP contribution is -2.38. The number of aliphatic carboxylic acids is 1. The summed E-state index contributed by atoms with van der Waals surface area (Å²) in [4.78, 5) is 34.2. The number of benzene rings is 1. The van der Waals surface area contributed by atoms with Crippen molar-refractivity contribution >= 4 is 17.6 Å². The number of carboxylic acids is 1. The summed E-state index contributed by atoms with van der Waals surface area (Å²) < 4.78 is 0. The van der Waals surface area contributed by atoms with Gasteiger partial charge in [0.2, 0.25) is 0 Å². The van der Waals surface area contributed by atoms with Crippen LogP contribution in [0.4, 0.5) is 5.69 Å². The maximum atomic E-state index is 12.2. The fraction of sp³-hybridized carbons (Fsp3) is 0.385. The Morgan fingerprint density at radius 2 is 1.85 bits per heavy atom. The van der Waals surface area contributed by atoms with E-state index in [1.54, 1.807) is 0 Å². The quantitative estimate of drug-likeness (QED) is 0.632. The molecule has 7 nitrogen and oxygen atoms in total. The van der Waals surface area contributed by atoms with Gasteiger partial charge in [0, 0.05) is 24.2 Å². The minimum atomic E-state index is -1.10. The Kier molecular flexibility index (Phi) is 5.19. The molecule has 0 bridgehead atoms.